The van der Waals surface area contributed by atoms with Gasteiger partial charge in [0.05, 0.1) is 17.9 Å². The minimum atomic E-state index is -4.87. The van der Waals surface area contributed by atoms with Crippen molar-refractivity contribution in [3.63, 3.8) is 0 Å². The molecule has 1 heterocycles. The molecule has 3 aromatic carbocycles. The molecule has 2 aliphatic rings. The van der Waals surface area contributed by atoms with Crippen LogP contribution in [0.1, 0.15) is 50.5 Å². The Morgan fingerprint density at radius 2 is 1.68 bits per heavy atom. The molecule has 1 saturated carbocycles. The van der Waals surface area contributed by atoms with Crippen LogP contribution in [0, 0.1) is 0 Å². The summed E-state index contributed by atoms with van der Waals surface area (Å²) in [7, 11) is 0. The van der Waals surface area contributed by atoms with Crippen molar-refractivity contribution in [1.29, 1.82) is 0 Å². The van der Waals surface area contributed by atoms with E-state index in [1.54, 1.807) is 0 Å². The predicted molar refractivity (Wildman–Crippen MR) is 137 cm³/mol. The van der Waals surface area contributed by atoms with Gasteiger partial charge >= 0.3 is 12.4 Å². The molecule has 5 rings (SSSR count). The number of anilines is 2. The first-order valence-electron chi connectivity index (χ1n) is 12.6. The molecule has 194 valence electrons. The fourth-order valence-electron chi connectivity index (χ4n) is 5.16. The van der Waals surface area contributed by atoms with E-state index in [1.165, 1.54) is 60.8 Å². The van der Waals surface area contributed by atoms with Crippen LogP contribution in [0.25, 0.3) is 11.1 Å². The molecule has 1 aliphatic carbocycles. The molecular formula is C29H29F3N2O3. The van der Waals surface area contributed by atoms with Gasteiger partial charge in [-0.05, 0) is 66.6 Å². The Kier molecular flexibility index (Phi) is 7.00. The molecule has 5 nitrogen and oxygen atoms in total. The Bertz CT molecular complexity index is 1250. The Morgan fingerprint density at radius 3 is 2.41 bits per heavy atom. The standard InChI is InChI=1S/C29H29F3N2O3/c1-19-18-34(28(35)33-24-9-5-6-10-26(24)37-29(30,31)32)25-16-15-23(17-27(25)36-19)22-13-11-21(12-14-22)20-7-3-2-4-8-20/h5-6,9-17,19-20H,2-4,7-8,18H2,1H3,(H,33,35). The fourth-order valence-corrected chi connectivity index (χ4v) is 5.16. The van der Waals surface area contributed by atoms with Crippen LogP contribution in [0.3, 0.4) is 0 Å². The van der Waals surface area contributed by atoms with Gasteiger partial charge in [0, 0.05) is 0 Å². The van der Waals surface area contributed by atoms with E-state index >= 15 is 0 Å². The van der Waals surface area contributed by atoms with Crippen molar-refractivity contribution in [2.45, 2.75) is 57.4 Å². The monoisotopic (exact) mass is 510 g/mol. The number of amides is 2. The lowest BCUT2D eigenvalue weighted by atomic mass is 9.84. The molecule has 1 N–H and O–H groups in total. The number of carbonyl (C=O) groups is 1. The number of rotatable bonds is 4. The number of halogens is 3. The van der Waals surface area contributed by atoms with E-state index in [9.17, 15) is 18.0 Å². The van der Waals surface area contributed by atoms with Gasteiger partial charge in [-0.3, -0.25) is 4.90 Å². The van der Waals surface area contributed by atoms with Crippen molar-refractivity contribution in [2.75, 3.05) is 16.8 Å². The predicted octanol–water partition coefficient (Wildman–Crippen LogP) is 8.12. The van der Waals surface area contributed by atoms with Crippen molar-refractivity contribution in [3.8, 4) is 22.6 Å². The summed E-state index contributed by atoms with van der Waals surface area (Å²) in [4.78, 5) is 14.6. The summed E-state index contributed by atoms with van der Waals surface area (Å²) in [6.07, 6.45) is 1.22. The van der Waals surface area contributed by atoms with Crippen LogP contribution in [0.5, 0.6) is 11.5 Å². The highest BCUT2D eigenvalue weighted by atomic mass is 19.4. The Balaban J connectivity index is 1.36. The molecule has 1 atom stereocenters. The molecule has 8 heteroatoms. The molecular weight excluding hydrogens is 481 g/mol. The highest BCUT2D eigenvalue weighted by Gasteiger charge is 2.33. The van der Waals surface area contributed by atoms with E-state index in [2.05, 4.69) is 34.3 Å². The second kappa shape index (κ2) is 10.4. The molecule has 0 spiro atoms. The van der Waals surface area contributed by atoms with Gasteiger partial charge in [-0.2, -0.15) is 0 Å². The number of nitrogens with one attached hydrogen (secondary N) is 1. The number of ether oxygens (including phenoxy) is 2. The van der Waals surface area contributed by atoms with Crippen LogP contribution in [0.4, 0.5) is 29.3 Å². The number of alkyl halides is 3. The number of hydrogen-bond acceptors (Lipinski definition) is 3. The van der Waals surface area contributed by atoms with Crippen LogP contribution >= 0.6 is 0 Å². The molecule has 0 bridgehead atoms. The van der Waals surface area contributed by atoms with Crippen LogP contribution in [-0.4, -0.2) is 25.0 Å². The normalized spacial score (nSPS) is 18.1. The van der Waals surface area contributed by atoms with Gasteiger partial charge in [0.15, 0.2) is 5.75 Å². The summed E-state index contributed by atoms with van der Waals surface area (Å²) in [5, 5.41) is 2.55. The van der Waals surface area contributed by atoms with Crippen LogP contribution in [0.2, 0.25) is 0 Å². The average Bonchev–Trinajstić information content (AvgIpc) is 2.88. The summed E-state index contributed by atoms with van der Waals surface area (Å²) < 4.78 is 48.5. The number of urea groups is 1. The first-order valence-corrected chi connectivity index (χ1v) is 12.6. The van der Waals surface area contributed by atoms with E-state index in [-0.39, 0.29) is 18.3 Å². The maximum atomic E-state index is 13.2. The smallest absolute Gasteiger partial charge is 0.487 e. The number of carbonyl (C=O) groups excluding carboxylic acids is 1. The molecule has 1 unspecified atom stereocenters. The third-order valence-corrected chi connectivity index (χ3v) is 6.94. The van der Waals surface area contributed by atoms with E-state index in [0.29, 0.717) is 17.4 Å². The minimum Gasteiger partial charge on any atom is -0.487 e. The maximum absolute atomic E-state index is 13.2. The lowest BCUT2D eigenvalue weighted by Gasteiger charge is -2.34. The molecule has 37 heavy (non-hydrogen) atoms. The SMILES string of the molecule is CC1CN(C(=O)Nc2ccccc2OC(F)(F)F)c2ccc(-c3ccc(C4CCCCC4)cc3)cc2O1. The maximum Gasteiger partial charge on any atom is 0.573 e. The number of para-hydroxylation sites is 2. The number of benzene rings is 3. The second-order valence-electron chi connectivity index (χ2n) is 9.65. The van der Waals surface area contributed by atoms with Gasteiger partial charge in [0.2, 0.25) is 0 Å². The lowest BCUT2D eigenvalue weighted by Crippen LogP contribution is -2.44. The molecule has 2 amide bonds. The van der Waals surface area contributed by atoms with E-state index in [4.69, 9.17) is 4.74 Å². The largest absolute Gasteiger partial charge is 0.573 e. The van der Waals surface area contributed by atoms with E-state index in [0.717, 1.165) is 17.2 Å². The highest BCUT2D eigenvalue weighted by Crippen LogP contribution is 2.39. The third-order valence-electron chi connectivity index (χ3n) is 6.94. The molecule has 3 aromatic rings. The van der Waals surface area contributed by atoms with Crippen molar-refractivity contribution in [2.24, 2.45) is 0 Å². The van der Waals surface area contributed by atoms with Gasteiger partial charge in [-0.1, -0.05) is 61.7 Å². The zero-order valence-corrected chi connectivity index (χ0v) is 20.6. The molecule has 0 aromatic heterocycles. The van der Waals surface area contributed by atoms with Gasteiger partial charge in [0.25, 0.3) is 0 Å². The highest BCUT2D eigenvalue weighted by molar-refractivity contribution is 6.04. The number of hydrogen-bond donors (Lipinski definition) is 1. The number of nitrogens with zero attached hydrogens (tertiary/aromatic N) is 1. The Hall–Kier alpha value is -3.68. The summed E-state index contributed by atoms with van der Waals surface area (Å²) >= 11 is 0. The zero-order chi connectivity index (χ0) is 26.0. The first kappa shape index (κ1) is 25.0. The summed E-state index contributed by atoms with van der Waals surface area (Å²) in [6.45, 7) is 2.09. The van der Waals surface area contributed by atoms with Crippen LogP contribution < -0.4 is 19.7 Å². The third kappa shape index (κ3) is 5.84. The molecule has 1 aliphatic heterocycles. The van der Waals surface area contributed by atoms with Crippen molar-refractivity contribution in [3.05, 3.63) is 72.3 Å². The van der Waals surface area contributed by atoms with Crippen molar-refractivity contribution in [1.82, 2.24) is 0 Å². The van der Waals surface area contributed by atoms with Crippen molar-refractivity contribution >= 4 is 17.4 Å². The molecule has 0 radical (unpaired) electrons. The molecule has 0 saturated heterocycles. The summed E-state index contributed by atoms with van der Waals surface area (Å²) in [5.74, 6) is 0.703. The van der Waals surface area contributed by atoms with Gasteiger partial charge in [0.1, 0.15) is 11.9 Å². The quantitative estimate of drug-likeness (QED) is 0.386. The van der Waals surface area contributed by atoms with Crippen LogP contribution in [-0.2, 0) is 0 Å². The zero-order valence-electron chi connectivity index (χ0n) is 20.6. The topological polar surface area (TPSA) is 50.8 Å². The Labute approximate surface area is 214 Å². The lowest BCUT2D eigenvalue weighted by molar-refractivity contribution is -0.274. The average molecular weight is 511 g/mol. The molecule has 1 fully saturated rings. The van der Waals surface area contributed by atoms with Crippen LogP contribution in [0.15, 0.2) is 66.7 Å². The second-order valence-corrected chi connectivity index (χ2v) is 9.65. The van der Waals surface area contributed by atoms with E-state index < -0.39 is 18.1 Å². The van der Waals surface area contributed by atoms with Crippen molar-refractivity contribution < 1.29 is 27.4 Å². The van der Waals surface area contributed by atoms with Gasteiger partial charge < -0.3 is 14.8 Å². The number of fused-ring (bicyclic) bond motifs is 1. The van der Waals surface area contributed by atoms with Gasteiger partial charge in [-0.25, -0.2) is 4.79 Å². The Morgan fingerprint density at radius 1 is 0.973 bits per heavy atom. The summed E-state index contributed by atoms with van der Waals surface area (Å²) in [5.41, 5.74) is 3.88. The minimum absolute atomic E-state index is 0.0693. The van der Waals surface area contributed by atoms with E-state index in [1.807, 2.05) is 25.1 Å². The summed E-state index contributed by atoms with van der Waals surface area (Å²) in [6, 6.07) is 19.2. The first-order chi connectivity index (χ1) is 17.8. The fraction of sp³-hybridized carbons (Fsp3) is 0.345. The van der Waals surface area contributed by atoms with Gasteiger partial charge in [-0.15, -0.1) is 13.2 Å².